The van der Waals surface area contributed by atoms with Gasteiger partial charge in [0.1, 0.15) is 18.2 Å². The number of methoxy groups -OCH3 is 1. The molecule has 7 nitrogen and oxygen atoms in total. The summed E-state index contributed by atoms with van der Waals surface area (Å²) in [5, 5.41) is 2.53. The second-order valence-corrected chi connectivity index (χ2v) is 7.99. The largest absolute Gasteiger partial charge is 0.383 e. The third-order valence-corrected chi connectivity index (χ3v) is 5.84. The van der Waals surface area contributed by atoms with Crippen LogP contribution in [0.25, 0.3) is 0 Å². The number of urea groups is 1. The molecular formula is C25H26F2N4O3. The summed E-state index contributed by atoms with van der Waals surface area (Å²) in [6, 6.07) is 14.7. The van der Waals surface area contributed by atoms with Crippen LogP contribution in [-0.4, -0.2) is 59.7 Å². The lowest BCUT2D eigenvalue weighted by Crippen LogP contribution is -2.49. The van der Waals surface area contributed by atoms with Crippen molar-refractivity contribution in [3.05, 3.63) is 89.8 Å². The number of halogens is 2. The number of hydrogen-bond acceptors (Lipinski definition) is 3. The summed E-state index contributed by atoms with van der Waals surface area (Å²) < 4.78 is 34.8. The Hall–Kier alpha value is -3.72. The number of carbonyl (C=O) groups excluding carboxylic acids is 2. The quantitative estimate of drug-likeness (QED) is 0.572. The van der Waals surface area contributed by atoms with E-state index in [1.54, 1.807) is 23.1 Å². The lowest BCUT2D eigenvalue weighted by molar-refractivity contribution is -0.134. The van der Waals surface area contributed by atoms with Crippen LogP contribution in [0.15, 0.2) is 66.9 Å². The second kappa shape index (κ2) is 10.5. The minimum atomic E-state index is -0.603. The van der Waals surface area contributed by atoms with Crippen molar-refractivity contribution in [2.45, 2.75) is 12.6 Å². The third-order valence-electron chi connectivity index (χ3n) is 5.84. The molecule has 1 unspecified atom stereocenters. The summed E-state index contributed by atoms with van der Waals surface area (Å²) in [7, 11) is 1.50. The molecule has 1 N–H and O–H groups in total. The fourth-order valence-corrected chi connectivity index (χ4v) is 4.11. The zero-order valence-electron chi connectivity index (χ0n) is 18.8. The van der Waals surface area contributed by atoms with Gasteiger partial charge in [0.25, 0.3) is 0 Å². The van der Waals surface area contributed by atoms with Crippen molar-refractivity contribution in [3.63, 3.8) is 0 Å². The zero-order valence-corrected chi connectivity index (χ0v) is 18.8. The summed E-state index contributed by atoms with van der Waals surface area (Å²) in [5.74, 6) is -1.20. The highest BCUT2D eigenvalue weighted by Gasteiger charge is 2.33. The molecule has 9 heteroatoms. The number of anilines is 1. The molecule has 0 aliphatic carbocycles. The molecule has 2 aromatic carbocycles. The van der Waals surface area contributed by atoms with Crippen LogP contribution >= 0.6 is 0 Å². The van der Waals surface area contributed by atoms with Gasteiger partial charge in [-0.3, -0.25) is 4.79 Å². The van der Waals surface area contributed by atoms with Gasteiger partial charge in [0.15, 0.2) is 0 Å². The molecule has 0 bridgehead atoms. The van der Waals surface area contributed by atoms with E-state index in [0.29, 0.717) is 13.1 Å². The Balaban J connectivity index is 1.56. The van der Waals surface area contributed by atoms with Crippen molar-refractivity contribution < 1.29 is 23.1 Å². The first kappa shape index (κ1) is 23.4. The van der Waals surface area contributed by atoms with Crippen LogP contribution in [0.1, 0.15) is 17.3 Å². The van der Waals surface area contributed by atoms with Crippen molar-refractivity contribution in [1.82, 2.24) is 14.4 Å². The smallest absolute Gasteiger partial charge is 0.322 e. The van der Waals surface area contributed by atoms with Gasteiger partial charge in [-0.15, -0.1) is 0 Å². The molecule has 0 fully saturated rings. The van der Waals surface area contributed by atoms with Gasteiger partial charge >= 0.3 is 6.03 Å². The van der Waals surface area contributed by atoms with Gasteiger partial charge in [-0.25, -0.2) is 13.6 Å². The van der Waals surface area contributed by atoms with Gasteiger partial charge in [0, 0.05) is 38.6 Å². The number of aromatic nitrogens is 1. The Morgan fingerprint density at radius 2 is 1.82 bits per heavy atom. The molecule has 4 rings (SSSR count). The van der Waals surface area contributed by atoms with E-state index in [1.807, 2.05) is 18.3 Å². The van der Waals surface area contributed by atoms with E-state index in [9.17, 15) is 18.4 Å². The van der Waals surface area contributed by atoms with Crippen LogP contribution in [0, 0.1) is 11.6 Å². The van der Waals surface area contributed by atoms with Gasteiger partial charge in [-0.05, 0) is 42.0 Å². The minimum absolute atomic E-state index is 0.0300. The maximum atomic E-state index is 14.0. The molecule has 0 spiro atoms. The molecule has 1 atom stereocenters. The van der Waals surface area contributed by atoms with E-state index < -0.39 is 17.9 Å². The van der Waals surface area contributed by atoms with Gasteiger partial charge in [0.05, 0.1) is 18.3 Å². The molecule has 34 heavy (non-hydrogen) atoms. The first-order valence-electron chi connectivity index (χ1n) is 11.0. The maximum absolute atomic E-state index is 14.0. The number of nitrogens with one attached hydrogen (secondary N) is 1. The van der Waals surface area contributed by atoms with Gasteiger partial charge < -0.3 is 24.4 Å². The fraction of sp³-hybridized carbons (Fsp3) is 0.280. The molecule has 0 saturated heterocycles. The summed E-state index contributed by atoms with van der Waals surface area (Å²) in [6.07, 6.45) is 1.94. The van der Waals surface area contributed by atoms with Gasteiger partial charge in [-0.1, -0.05) is 24.3 Å². The first-order chi connectivity index (χ1) is 16.5. The van der Waals surface area contributed by atoms with E-state index in [-0.39, 0.29) is 37.1 Å². The predicted molar refractivity (Wildman–Crippen MR) is 123 cm³/mol. The SMILES string of the molecule is COCCN(CC(=O)N1CCn2cccc2C1c1ccc(F)cc1)C(=O)Nc1ccccc1F. The molecule has 0 saturated carbocycles. The number of carbonyl (C=O) groups is 2. The highest BCUT2D eigenvalue weighted by molar-refractivity contribution is 5.92. The average Bonchev–Trinajstić information content (AvgIpc) is 3.32. The predicted octanol–water partition coefficient (Wildman–Crippen LogP) is 3.88. The number of benzene rings is 2. The molecule has 2 heterocycles. The zero-order chi connectivity index (χ0) is 24.1. The summed E-state index contributed by atoms with van der Waals surface area (Å²) in [6.45, 7) is 1.17. The van der Waals surface area contributed by atoms with Gasteiger partial charge in [0.2, 0.25) is 5.91 Å². The summed E-state index contributed by atoms with van der Waals surface area (Å²) in [5.41, 5.74) is 1.71. The highest BCUT2D eigenvalue weighted by Crippen LogP contribution is 2.32. The van der Waals surface area contributed by atoms with Crippen LogP contribution in [-0.2, 0) is 16.1 Å². The van der Waals surface area contributed by atoms with Crippen LogP contribution in [0.4, 0.5) is 19.3 Å². The van der Waals surface area contributed by atoms with Crippen molar-refractivity contribution in [2.24, 2.45) is 0 Å². The molecule has 3 aromatic rings. The Labute approximate surface area is 196 Å². The molecular weight excluding hydrogens is 442 g/mol. The number of hydrogen-bond donors (Lipinski definition) is 1. The Kier molecular flexibility index (Phi) is 7.22. The van der Waals surface area contributed by atoms with Crippen LogP contribution in [0.3, 0.4) is 0 Å². The van der Waals surface area contributed by atoms with E-state index in [0.717, 1.165) is 11.3 Å². The lowest BCUT2D eigenvalue weighted by atomic mass is 9.99. The fourth-order valence-electron chi connectivity index (χ4n) is 4.11. The molecule has 1 aliphatic rings. The van der Waals surface area contributed by atoms with Crippen LogP contribution in [0.2, 0.25) is 0 Å². The average molecular weight is 469 g/mol. The van der Waals surface area contributed by atoms with E-state index in [2.05, 4.69) is 9.88 Å². The molecule has 3 amide bonds. The Morgan fingerprint density at radius 3 is 2.56 bits per heavy atom. The first-order valence-corrected chi connectivity index (χ1v) is 11.0. The number of para-hydroxylation sites is 1. The topological polar surface area (TPSA) is 66.8 Å². The summed E-state index contributed by atoms with van der Waals surface area (Å²) in [4.78, 5) is 29.4. The van der Waals surface area contributed by atoms with Crippen molar-refractivity contribution in [2.75, 3.05) is 38.7 Å². The number of ether oxygens (including phenoxy) is 1. The number of amides is 3. The van der Waals surface area contributed by atoms with Gasteiger partial charge in [-0.2, -0.15) is 0 Å². The highest BCUT2D eigenvalue weighted by atomic mass is 19.1. The van der Waals surface area contributed by atoms with Crippen molar-refractivity contribution >= 4 is 17.6 Å². The van der Waals surface area contributed by atoms with Crippen molar-refractivity contribution in [1.29, 1.82) is 0 Å². The van der Waals surface area contributed by atoms with Crippen LogP contribution < -0.4 is 5.32 Å². The number of nitrogens with zero attached hydrogens (tertiary/aromatic N) is 3. The van der Waals surface area contributed by atoms with Crippen molar-refractivity contribution in [3.8, 4) is 0 Å². The monoisotopic (exact) mass is 468 g/mol. The standard InChI is InChI=1S/C25H26F2N4O3/c1-34-16-15-30(25(33)28-21-6-3-2-5-20(21)27)17-23(32)31-14-13-29-12-4-7-22(29)24(31)18-8-10-19(26)11-9-18/h2-12,24H,13-17H2,1H3,(H,28,33). The van der Waals surface area contributed by atoms with E-state index >= 15 is 0 Å². The number of fused-ring (bicyclic) bond motifs is 1. The summed E-state index contributed by atoms with van der Waals surface area (Å²) >= 11 is 0. The molecule has 178 valence electrons. The second-order valence-electron chi connectivity index (χ2n) is 7.99. The molecule has 1 aromatic heterocycles. The van der Waals surface area contributed by atoms with E-state index in [1.165, 1.54) is 42.3 Å². The maximum Gasteiger partial charge on any atom is 0.322 e. The Bertz CT molecular complexity index is 1150. The molecule has 0 radical (unpaired) electrons. The van der Waals surface area contributed by atoms with E-state index in [4.69, 9.17) is 4.74 Å². The Morgan fingerprint density at radius 1 is 1.06 bits per heavy atom. The minimum Gasteiger partial charge on any atom is -0.383 e. The third kappa shape index (κ3) is 5.09. The molecule has 1 aliphatic heterocycles. The lowest BCUT2D eigenvalue weighted by Gasteiger charge is -2.38. The van der Waals surface area contributed by atoms with Crippen LogP contribution in [0.5, 0.6) is 0 Å². The normalized spacial score (nSPS) is 15.0. The number of rotatable bonds is 7.